The monoisotopic (exact) mass is 370 g/mol. The molecule has 3 N–H and O–H groups in total. The first-order valence-corrected chi connectivity index (χ1v) is 8.70. The molecule has 0 spiro atoms. The number of amides is 1. The number of fused-ring (bicyclic) bond motifs is 2. The van der Waals surface area contributed by atoms with Gasteiger partial charge in [-0.1, -0.05) is 6.42 Å². The summed E-state index contributed by atoms with van der Waals surface area (Å²) in [5.41, 5.74) is 6.68. The Balaban J connectivity index is 0.00000225. The maximum absolute atomic E-state index is 12.5. The van der Waals surface area contributed by atoms with Crippen LogP contribution in [0.25, 0.3) is 0 Å². The van der Waals surface area contributed by atoms with Gasteiger partial charge in [0.25, 0.3) is 0 Å². The van der Waals surface area contributed by atoms with Crippen LogP contribution in [0.1, 0.15) is 54.0 Å². The van der Waals surface area contributed by atoms with Gasteiger partial charge in [0, 0.05) is 12.0 Å². The smallest absolute Gasteiger partial charge is 0.341 e. The van der Waals surface area contributed by atoms with Crippen LogP contribution in [-0.2, 0) is 16.1 Å². The summed E-state index contributed by atoms with van der Waals surface area (Å²) in [7, 11) is 1.33. The summed E-state index contributed by atoms with van der Waals surface area (Å²) in [6.45, 7) is 2.00. The molecule has 3 rings (SSSR count). The van der Waals surface area contributed by atoms with Crippen LogP contribution in [0.3, 0.4) is 0 Å². The molecule has 0 radical (unpaired) electrons. The van der Waals surface area contributed by atoms with Crippen molar-refractivity contribution in [1.82, 2.24) is 5.32 Å². The molecule has 2 aliphatic carbocycles. The Hall–Kier alpha value is -1.53. The summed E-state index contributed by atoms with van der Waals surface area (Å²) in [5.74, 6) is 1.69. The van der Waals surface area contributed by atoms with Gasteiger partial charge in [0.15, 0.2) is 0 Å². The number of methoxy groups -OCH3 is 1. The van der Waals surface area contributed by atoms with E-state index in [1.807, 2.05) is 0 Å². The maximum atomic E-state index is 12.5. The van der Waals surface area contributed by atoms with Crippen LogP contribution in [0.4, 0.5) is 0 Å². The molecule has 1 heterocycles. The molecule has 0 aliphatic heterocycles. The van der Waals surface area contributed by atoms with E-state index in [0.29, 0.717) is 28.9 Å². The van der Waals surface area contributed by atoms with Crippen LogP contribution in [-0.4, -0.2) is 25.0 Å². The van der Waals surface area contributed by atoms with Gasteiger partial charge < -0.3 is 20.2 Å². The van der Waals surface area contributed by atoms with E-state index in [9.17, 15) is 9.59 Å². The van der Waals surface area contributed by atoms with Crippen LogP contribution in [0.2, 0.25) is 0 Å². The topological polar surface area (TPSA) is 94.6 Å². The molecular formula is C18H27ClN2O4. The van der Waals surface area contributed by atoms with Crippen molar-refractivity contribution in [2.75, 3.05) is 7.11 Å². The second-order valence-electron chi connectivity index (χ2n) is 7.09. The van der Waals surface area contributed by atoms with Crippen LogP contribution in [0.15, 0.2) is 10.5 Å². The lowest BCUT2D eigenvalue weighted by Crippen LogP contribution is -2.49. The molecule has 7 heteroatoms. The summed E-state index contributed by atoms with van der Waals surface area (Å²) >= 11 is 0. The lowest BCUT2D eigenvalue weighted by molar-refractivity contribution is -0.128. The minimum absolute atomic E-state index is 0. The molecule has 2 aliphatic rings. The van der Waals surface area contributed by atoms with E-state index in [-0.39, 0.29) is 36.8 Å². The largest absolute Gasteiger partial charge is 0.465 e. The molecular weight excluding hydrogens is 344 g/mol. The molecule has 1 amide bonds. The molecule has 2 bridgehead atoms. The first-order valence-electron chi connectivity index (χ1n) is 8.70. The van der Waals surface area contributed by atoms with Crippen molar-refractivity contribution in [2.24, 2.45) is 23.5 Å². The minimum Gasteiger partial charge on any atom is -0.465 e. The lowest BCUT2D eigenvalue weighted by atomic mass is 9.65. The zero-order valence-corrected chi connectivity index (χ0v) is 15.6. The van der Waals surface area contributed by atoms with Gasteiger partial charge in [0.05, 0.1) is 13.7 Å². The molecule has 2 fully saturated rings. The van der Waals surface area contributed by atoms with Crippen LogP contribution in [0.5, 0.6) is 0 Å². The Kier molecular flexibility index (Phi) is 6.52. The van der Waals surface area contributed by atoms with Crippen LogP contribution >= 0.6 is 12.4 Å². The number of hydrogen-bond donors (Lipinski definition) is 2. The molecule has 140 valence electrons. The Bertz CT molecular complexity index is 617. The van der Waals surface area contributed by atoms with Gasteiger partial charge in [0.1, 0.15) is 17.1 Å². The summed E-state index contributed by atoms with van der Waals surface area (Å²) in [6, 6.07) is 1.89. The number of furan rings is 1. The molecule has 2 saturated carbocycles. The normalized spacial score (nSPS) is 28.0. The van der Waals surface area contributed by atoms with Crippen molar-refractivity contribution in [3.05, 3.63) is 23.2 Å². The quantitative estimate of drug-likeness (QED) is 0.794. The van der Waals surface area contributed by atoms with Crippen LogP contribution in [0, 0.1) is 24.7 Å². The van der Waals surface area contributed by atoms with Crippen molar-refractivity contribution < 1.29 is 18.7 Å². The number of rotatable bonds is 4. The first kappa shape index (κ1) is 19.8. The Morgan fingerprint density at radius 1 is 1.32 bits per heavy atom. The first-order chi connectivity index (χ1) is 11.5. The highest BCUT2D eigenvalue weighted by molar-refractivity contribution is 5.90. The number of nitrogens with one attached hydrogen (secondary N) is 1. The van der Waals surface area contributed by atoms with Gasteiger partial charge in [-0.25, -0.2) is 4.79 Å². The predicted molar refractivity (Wildman–Crippen MR) is 95.4 cm³/mol. The second kappa shape index (κ2) is 8.23. The fraction of sp³-hybridized carbons (Fsp3) is 0.667. The number of ether oxygens (including phenoxy) is 1. The molecule has 1 aromatic heterocycles. The second-order valence-corrected chi connectivity index (χ2v) is 7.09. The van der Waals surface area contributed by atoms with E-state index in [2.05, 4.69) is 5.32 Å². The van der Waals surface area contributed by atoms with Crippen LogP contribution < -0.4 is 11.1 Å². The summed E-state index contributed by atoms with van der Waals surface area (Å²) in [6.07, 6.45) is 5.28. The van der Waals surface area contributed by atoms with Crippen molar-refractivity contribution in [2.45, 2.75) is 51.6 Å². The zero-order chi connectivity index (χ0) is 17.3. The van der Waals surface area contributed by atoms with E-state index < -0.39 is 5.97 Å². The number of hydrogen-bond acceptors (Lipinski definition) is 5. The number of carbonyl (C=O) groups excluding carboxylic acids is 2. The van der Waals surface area contributed by atoms with Crippen molar-refractivity contribution in [1.29, 1.82) is 0 Å². The lowest BCUT2D eigenvalue weighted by Gasteiger charge is -2.43. The fourth-order valence-electron chi connectivity index (χ4n) is 4.27. The summed E-state index contributed by atoms with van der Waals surface area (Å²) < 4.78 is 10.2. The van der Waals surface area contributed by atoms with E-state index >= 15 is 0 Å². The van der Waals surface area contributed by atoms with Crippen molar-refractivity contribution in [3.8, 4) is 0 Å². The minimum atomic E-state index is -0.428. The third kappa shape index (κ3) is 4.18. The highest BCUT2D eigenvalue weighted by Gasteiger charge is 2.40. The average molecular weight is 371 g/mol. The van der Waals surface area contributed by atoms with Gasteiger partial charge in [-0.3, -0.25) is 4.79 Å². The van der Waals surface area contributed by atoms with E-state index in [4.69, 9.17) is 14.9 Å². The van der Waals surface area contributed by atoms with Gasteiger partial charge in [0.2, 0.25) is 5.91 Å². The van der Waals surface area contributed by atoms with E-state index in [1.54, 1.807) is 13.0 Å². The molecule has 1 aromatic rings. The summed E-state index contributed by atoms with van der Waals surface area (Å²) in [4.78, 5) is 24.1. The molecule has 6 nitrogen and oxygen atoms in total. The number of esters is 1. The standard InChI is InChI=1S/C18H26N2O4.ClH/c1-10-15(18(22)23-2)8-14(24-10)9-20-17(21)13-6-11-4-3-5-12(7-13)16(11)19;/h8,11-13,16H,3-7,9,19H2,1-2H3,(H,20,21);1H. The molecule has 0 saturated heterocycles. The third-order valence-corrected chi connectivity index (χ3v) is 5.59. The predicted octanol–water partition coefficient (Wildman–Crippen LogP) is 2.57. The van der Waals surface area contributed by atoms with Gasteiger partial charge in [-0.05, 0) is 50.5 Å². The number of aryl methyl sites for hydroxylation is 1. The van der Waals surface area contributed by atoms with E-state index in [0.717, 1.165) is 25.7 Å². The molecule has 2 unspecified atom stereocenters. The third-order valence-electron chi connectivity index (χ3n) is 5.59. The number of halogens is 1. The van der Waals surface area contributed by atoms with Gasteiger partial charge >= 0.3 is 5.97 Å². The molecule has 0 aromatic carbocycles. The Labute approximate surface area is 154 Å². The van der Waals surface area contributed by atoms with Gasteiger partial charge in [-0.2, -0.15) is 0 Å². The fourth-order valence-corrected chi connectivity index (χ4v) is 4.27. The van der Waals surface area contributed by atoms with Crippen molar-refractivity contribution in [3.63, 3.8) is 0 Å². The molecule has 25 heavy (non-hydrogen) atoms. The number of carbonyl (C=O) groups is 2. The maximum Gasteiger partial charge on any atom is 0.341 e. The highest BCUT2D eigenvalue weighted by atomic mass is 35.5. The van der Waals surface area contributed by atoms with Gasteiger partial charge in [-0.15, -0.1) is 12.4 Å². The highest BCUT2D eigenvalue weighted by Crippen LogP contribution is 2.41. The van der Waals surface area contributed by atoms with E-state index in [1.165, 1.54) is 13.5 Å². The average Bonchev–Trinajstić information content (AvgIpc) is 2.92. The summed E-state index contributed by atoms with van der Waals surface area (Å²) in [5, 5.41) is 2.94. The number of nitrogens with two attached hydrogens (primary N) is 1. The van der Waals surface area contributed by atoms with Crippen molar-refractivity contribution >= 4 is 24.3 Å². The Morgan fingerprint density at radius 3 is 2.56 bits per heavy atom. The SMILES string of the molecule is COC(=O)c1cc(CNC(=O)C2CC3CCCC(C2)C3N)oc1C.Cl. The zero-order valence-electron chi connectivity index (χ0n) is 14.7. The Morgan fingerprint density at radius 2 is 1.96 bits per heavy atom. The molecule has 2 atom stereocenters.